The van der Waals surface area contributed by atoms with Gasteiger partial charge < -0.3 is 15.4 Å². The lowest BCUT2D eigenvalue weighted by Gasteiger charge is -2.17. The largest absolute Gasteiger partial charge is 0.468 e. The van der Waals surface area contributed by atoms with Crippen LogP contribution < -0.4 is 5.73 Å². The number of halogens is 2. The molecule has 0 aromatic carbocycles. The van der Waals surface area contributed by atoms with Crippen molar-refractivity contribution in [3.63, 3.8) is 0 Å². The van der Waals surface area contributed by atoms with Gasteiger partial charge in [0.2, 0.25) is 0 Å². The van der Waals surface area contributed by atoms with Gasteiger partial charge in [-0.1, -0.05) is 0 Å². The van der Waals surface area contributed by atoms with Crippen molar-refractivity contribution in [3.05, 3.63) is 0 Å². The van der Waals surface area contributed by atoms with E-state index in [2.05, 4.69) is 9.64 Å². The Morgan fingerprint density at radius 1 is 1.43 bits per heavy atom. The maximum atomic E-state index is 10.9. The molecule has 1 rings (SSSR count). The minimum absolute atomic E-state index is 0. The maximum Gasteiger partial charge on any atom is 0.323 e. The van der Waals surface area contributed by atoms with E-state index in [0.717, 1.165) is 13.1 Å². The van der Waals surface area contributed by atoms with Gasteiger partial charge in [-0.3, -0.25) is 4.79 Å². The van der Waals surface area contributed by atoms with Crippen LogP contribution in [0.4, 0.5) is 0 Å². The fraction of sp³-hybridized carbons (Fsp3) is 0.875. The third-order valence-corrected chi connectivity index (χ3v) is 2.16. The molecule has 1 aliphatic heterocycles. The number of nitrogens with zero attached hydrogens (tertiary/aromatic N) is 1. The Morgan fingerprint density at radius 3 is 2.36 bits per heavy atom. The molecule has 1 heterocycles. The molecule has 2 N–H and O–H groups in total. The van der Waals surface area contributed by atoms with Crippen LogP contribution >= 0.6 is 24.8 Å². The minimum atomic E-state index is -0.479. The molecule has 1 saturated heterocycles. The topological polar surface area (TPSA) is 55.6 Å². The molecule has 86 valence electrons. The highest BCUT2D eigenvalue weighted by Gasteiger charge is 2.19. The molecule has 1 fully saturated rings. The first-order valence-electron chi connectivity index (χ1n) is 4.30. The van der Waals surface area contributed by atoms with Gasteiger partial charge in [-0.2, -0.15) is 0 Å². The second-order valence-electron chi connectivity index (χ2n) is 3.14. The van der Waals surface area contributed by atoms with Crippen LogP contribution in [0.5, 0.6) is 0 Å². The fourth-order valence-corrected chi connectivity index (χ4v) is 1.47. The molecule has 0 radical (unpaired) electrons. The number of hydrogen-bond acceptors (Lipinski definition) is 4. The lowest BCUT2D eigenvalue weighted by atomic mass is 10.3. The molecule has 1 atom stereocenters. The Balaban J connectivity index is 0. The third-order valence-electron chi connectivity index (χ3n) is 2.16. The van der Waals surface area contributed by atoms with Crippen LogP contribution in [-0.2, 0) is 9.53 Å². The average Bonchev–Trinajstić information content (AvgIpc) is 2.55. The van der Waals surface area contributed by atoms with Crippen LogP contribution in [-0.4, -0.2) is 43.7 Å². The number of esters is 1. The fourth-order valence-electron chi connectivity index (χ4n) is 1.47. The summed E-state index contributed by atoms with van der Waals surface area (Å²) in [6.07, 6.45) is 2.43. The Hall–Kier alpha value is -0.0300. The van der Waals surface area contributed by atoms with E-state index in [1.54, 1.807) is 0 Å². The molecule has 0 aromatic rings. The van der Waals surface area contributed by atoms with Crippen LogP contribution in [0.1, 0.15) is 12.8 Å². The SMILES string of the molecule is COC(=O)C(N)CN1CCCC1.Cl.Cl. The summed E-state index contributed by atoms with van der Waals surface area (Å²) in [7, 11) is 1.37. The van der Waals surface area contributed by atoms with E-state index in [1.165, 1.54) is 20.0 Å². The normalized spacial score (nSPS) is 17.9. The number of methoxy groups -OCH3 is 1. The van der Waals surface area contributed by atoms with Crippen LogP contribution in [0.2, 0.25) is 0 Å². The molecule has 1 unspecified atom stereocenters. The van der Waals surface area contributed by atoms with Crippen molar-refractivity contribution in [1.82, 2.24) is 4.90 Å². The lowest BCUT2D eigenvalue weighted by molar-refractivity contribution is -0.142. The predicted octanol–water partition coefficient (Wildman–Crippen LogP) is 0.426. The monoisotopic (exact) mass is 244 g/mol. The number of carbonyl (C=O) groups is 1. The summed E-state index contributed by atoms with van der Waals surface area (Å²) in [5, 5.41) is 0. The number of rotatable bonds is 3. The molecule has 4 nitrogen and oxygen atoms in total. The second kappa shape index (κ2) is 8.29. The smallest absolute Gasteiger partial charge is 0.323 e. The highest BCUT2D eigenvalue weighted by atomic mass is 35.5. The summed E-state index contributed by atoms with van der Waals surface area (Å²) >= 11 is 0. The Bertz CT molecular complexity index is 163. The summed E-state index contributed by atoms with van der Waals surface area (Å²) in [4.78, 5) is 13.1. The van der Waals surface area contributed by atoms with Crippen LogP contribution in [0.25, 0.3) is 0 Å². The molecular weight excluding hydrogens is 227 g/mol. The molecule has 0 aliphatic carbocycles. The number of ether oxygens (including phenoxy) is 1. The van der Waals surface area contributed by atoms with Crippen molar-refractivity contribution in [1.29, 1.82) is 0 Å². The molecule has 14 heavy (non-hydrogen) atoms. The van der Waals surface area contributed by atoms with Gasteiger partial charge in [-0.15, -0.1) is 24.8 Å². The van der Waals surface area contributed by atoms with Crippen molar-refractivity contribution in [2.45, 2.75) is 18.9 Å². The standard InChI is InChI=1S/C8H16N2O2.2ClH/c1-12-8(11)7(9)6-10-4-2-3-5-10;;/h7H,2-6,9H2,1H3;2*1H. The molecule has 0 saturated carbocycles. The van der Waals surface area contributed by atoms with Crippen molar-refractivity contribution in [3.8, 4) is 0 Å². The van der Waals surface area contributed by atoms with Gasteiger partial charge in [0.25, 0.3) is 0 Å². The first kappa shape index (κ1) is 16.4. The Morgan fingerprint density at radius 2 is 1.93 bits per heavy atom. The number of likely N-dealkylation sites (tertiary alicyclic amines) is 1. The van der Waals surface area contributed by atoms with E-state index >= 15 is 0 Å². The van der Waals surface area contributed by atoms with E-state index in [-0.39, 0.29) is 30.8 Å². The van der Waals surface area contributed by atoms with Gasteiger partial charge in [-0.25, -0.2) is 0 Å². The van der Waals surface area contributed by atoms with Crippen molar-refractivity contribution in [2.75, 3.05) is 26.7 Å². The number of hydrogen-bond donors (Lipinski definition) is 1. The summed E-state index contributed by atoms with van der Waals surface area (Å²) in [6, 6.07) is -0.479. The molecule has 6 heteroatoms. The molecule has 0 bridgehead atoms. The molecule has 0 aromatic heterocycles. The quantitative estimate of drug-likeness (QED) is 0.732. The van der Waals surface area contributed by atoms with Crippen molar-refractivity contribution < 1.29 is 9.53 Å². The van der Waals surface area contributed by atoms with Crippen LogP contribution in [0, 0.1) is 0 Å². The summed E-state index contributed by atoms with van der Waals surface area (Å²) in [5.41, 5.74) is 5.59. The highest BCUT2D eigenvalue weighted by Crippen LogP contribution is 2.07. The zero-order valence-electron chi connectivity index (χ0n) is 8.27. The van der Waals surface area contributed by atoms with Crippen molar-refractivity contribution >= 4 is 30.8 Å². The van der Waals surface area contributed by atoms with Gasteiger partial charge in [0.15, 0.2) is 0 Å². The van der Waals surface area contributed by atoms with Crippen molar-refractivity contribution in [2.24, 2.45) is 5.73 Å². The first-order valence-corrected chi connectivity index (χ1v) is 4.30. The third kappa shape index (κ3) is 5.00. The summed E-state index contributed by atoms with van der Waals surface area (Å²) in [5.74, 6) is -0.318. The molecular formula is C8H18Cl2N2O2. The Labute approximate surface area is 97.0 Å². The van der Waals surface area contributed by atoms with Gasteiger partial charge in [-0.05, 0) is 25.9 Å². The first-order chi connectivity index (χ1) is 5.74. The summed E-state index contributed by atoms with van der Waals surface area (Å²) < 4.78 is 4.53. The average molecular weight is 245 g/mol. The van der Waals surface area contributed by atoms with Gasteiger partial charge in [0.1, 0.15) is 6.04 Å². The van der Waals surface area contributed by atoms with Crippen LogP contribution in [0.3, 0.4) is 0 Å². The summed E-state index contributed by atoms with van der Waals surface area (Å²) in [6.45, 7) is 2.75. The minimum Gasteiger partial charge on any atom is -0.468 e. The van der Waals surface area contributed by atoms with E-state index in [1.807, 2.05) is 0 Å². The second-order valence-corrected chi connectivity index (χ2v) is 3.14. The number of carbonyl (C=O) groups excluding carboxylic acids is 1. The van der Waals surface area contributed by atoms with E-state index in [4.69, 9.17) is 5.73 Å². The molecule has 0 spiro atoms. The number of nitrogens with two attached hydrogens (primary N) is 1. The van der Waals surface area contributed by atoms with Gasteiger partial charge in [0, 0.05) is 6.54 Å². The zero-order chi connectivity index (χ0) is 8.97. The maximum absolute atomic E-state index is 10.9. The zero-order valence-corrected chi connectivity index (χ0v) is 9.90. The lowest BCUT2D eigenvalue weighted by Crippen LogP contribution is -2.42. The predicted molar refractivity (Wildman–Crippen MR) is 60.2 cm³/mol. The highest BCUT2D eigenvalue weighted by molar-refractivity contribution is 5.85. The van der Waals surface area contributed by atoms with Gasteiger partial charge in [0.05, 0.1) is 7.11 Å². The van der Waals surface area contributed by atoms with E-state index in [0.29, 0.717) is 6.54 Å². The van der Waals surface area contributed by atoms with E-state index < -0.39 is 6.04 Å². The van der Waals surface area contributed by atoms with Gasteiger partial charge >= 0.3 is 5.97 Å². The molecule has 1 aliphatic rings. The Kier molecular flexibility index (Phi) is 9.72. The van der Waals surface area contributed by atoms with Crippen LogP contribution in [0.15, 0.2) is 0 Å². The van der Waals surface area contributed by atoms with E-state index in [9.17, 15) is 4.79 Å². The molecule has 0 amide bonds.